The Bertz CT molecular complexity index is 309. The summed E-state index contributed by atoms with van der Waals surface area (Å²) < 4.78 is 37.7. The molecule has 1 nitrogen and oxygen atoms in total. The molecule has 14 heavy (non-hydrogen) atoms. The van der Waals surface area contributed by atoms with Gasteiger partial charge in [0.05, 0.1) is 0 Å². The fourth-order valence-corrected chi connectivity index (χ4v) is 3.09. The van der Waals surface area contributed by atoms with E-state index in [4.69, 9.17) is 0 Å². The summed E-state index contributed by atoms with van der Waals surface area (Å²) in [5.74, 6) is 0. The molecular weight excluding hydrogens is 307 g/mol. The predicted octanol–water partition coefficient (Wildman–Crippen LogP) is 1.80. The van der Waals surface area contributed by atoms with Gasteiger partial charge in [-0.25, -0.2) is 0 Å². The van der Waals surface area contributed by atoms with E-state index in [2.05, 4.69) is 0 Å². The zero-order chi connectivity index (χ0) is 10.8. The van der Waals surface area contributed by atoms with Crippen LogP contribution >= 0.6 is 0 Å². The SMILES string of the molecule is CN(C)Cc1ccccc1[Te](F)(F)F. The van der Waals surface area contributed by atoms with Gasteiger partial charge in [-0.3, -0.25) is 0 Å². The third-order valence-corrected chi connectivity index (χ3v) is 4.27. The summed E-state index contributed by atoms with van der Waals surface area (Å²) in [4.78, 5) is 1.74. The van der Waals surface area contributed by atoms with E-state index in [1.807, 2.05) is 0 Å². The molecule has 1 aromatic rings. The Hall–Kier alpha value is -0.240. The van der Waals surface area contributed by atoms with E-state index in [0.717, 1.165) is 0 Å². The summed E-state index contributed by atoms with van der Waals surface area (Å²) in [7, 11) is 3.53. The van der Waals surface area contributed by atoms with Crippen molar-refractivity contribution in [1.29, 1.82) is 0 Å². The van der Waals surface area contributed by atoms with Crippen molar-refractivity contribution in [2.75, 3.05) is 14.1 Å². The van der Waals surface area contributed by atoms with Gasteiger partial charge in [-0.1, -0.05) is 0 Å². The minimum absolute atomic E-state index is 0.349. The standard InChI is InChI=1S/C9H12F3NTe/c1-13(2)7-8-5-3-4-6-9(8)14(10,11)12/h3-6H,7H2,1-2H3. The van der Waals surface area contributed by atoms with Gasteiger partial charge in [0, 0.05) is 0 Å². The van der Waals surface area contributed by atoms with Gasteiger partial charge in [-0.05, 0) is 0 Å². The summed E-state index contributed by atoms with van der Waals surface area (Å²) in [5, 5.41) is 0. The third-order valence-electron chi connectivity index (χ3n) is 1.71. The van der Waals surface area contributed by atoms with Crippen molar-refractivity contribution in [3.8, 4) is 0 Å². The number of benzene rings is 1. The van der Waals surface area contributed by atoms with Gasteiger partial charge < -0.3 is 0 Å². The van der Waals surface area contributed by atoms with Crippen LogP contribution in [0.5, 0.6) is 0 Å². The first-order chi connectivity index (χ1) is 6.41. The molecule has 5 heteroatoms. The number of rotatable bonds is 3. The van der Waals surface area contributed by atoms with Crippen LogP contribution in [-0.4, -0.2) is 38.9 Å². The molecule has 0 aliphatic rings. The van der Waals surface area contributed by atoms with E-state index in [1.165, 1.54) is 12.1 Å². The monoisotopic (exact) mass is 321 g/mol. The van der Waals surface area contributed by atoms with Crippen molar-refractivity contribution >= 4 is 23.5 Å². The molecule has 0 aliphatic heterocycles. The van der Waals surface area contributed by atoms with Crippen LogP contribution in [0.25, 0.3) is 0 Å². The van der Waals surface area contributed by atoms with E-state index in [0.29, 0.717) is 12.1 Å². The molecule has 0 atom stereocenters. The summed E-state index contributed by atoms with van der Waals surface area (Å²) in [6.07, 6.45) is 0. The molecular formula is C9H12F3NTe. The van der Waals surface area contributed by atoms with Crippen molar-refractivity contribution in [2.45, 2.75) is 6.54 Å². The van der Waals surface area contributed by atoms with Crippen LogP contribution in [0.2, 0.25) is 0 Å². The number of halogens is 3. The maximum atomic E-state index is 12.7. The summed E-state index contributed by atoms with van der Waals surface area (Å²) in [6, 6.07) is 5.85. The van der Waals surface area contributed by atoms with E-state index in [-0.39, 0.29) is 3.61 Å². The van der Waals surface area contributed by atoms with Crippen LogP contribution < -0.4 is 3.61 Å². The molecule has 0 saturated heterocycles. The van der Waals surface area contributed by atoms with Gasteiger partial charge >= 0.3 is 87.5 Å². The Morgan fingerprint density at radius 1 is 1.14 bits per heavy atom. The zero-order valence-corrected chi connectivity index (χ0v) is 10.3. The molecule has 0 saturated carbocycles. The van der Waals surface area contributed by atoms with Gasteiger partial charge in [0.15, 0.2) is 0 Å². The molecule has 0 N–H and O–H groups in total. The van der Waals surface area contributed by atoms with Gasteiger partial charge in [0.1, 0.15) is 0 Å². The maximum absolute atomic E-state index is 12.7. The molecule has 0 bridgehead atoms. The Labute approximate surface area is 87.6 Å². The molecule has 0 aromatic heterocycles. The summed E-state index contributed by atoms with van der Waals surface area (Å²) in [6.45, 7) is 0.349. The third kappa shape index (κ3) is 3.16. The Morgan fingerprint density at radius 2 is 1.71 bits per heavy atom. The number of hydrogen-bond acceptors (Lipinski definition) is 1. The molecule has 0 spiro atoms. The molecule has 0 fully saturated rings. The van der Waals surface area contributed by atoms with Crippen LogP contribution in [0.4, 0.5) is 8.68 Å². The second kappa shape index (κ2) is 4.52. The molecule has 1 rings (SSSR count). The van der Waals surface area contributed by atoms with Gasteiger partial charge in [0.2, 0.25) is 0 Å². The second-order valence-electron chi connectivity index (χ2n) is 3.25. The second-order valence-corrected chi connectivity index (χ2v) is 6.83. The van der Waals surface area contributed by atoms with Crippen molar-refractivity contribution in [3.63, 3.8) is 0 Å². The van der Waals surface area contributed by atoms with E-state index < -0.39 is 19.9 Å². The average Bonchev–Trinajstić information content (AvgIpc) is 2.01. The van der Waals surface area contributed by atoms with Gasteiger partial charge in [-0.2, -0.15) is 0 Å². The number of nitrogens with zero attached hydrogens (tertiary/aromatic N) is 1. The van der Waals surface area contributed by atoms with Crippen LogP contribution in [0.3, 0.4) is 0 Å². The zero-order valence-electron chi connectivity index (χ0n) is 8.01. The van der Waals surface area contributed by atoms with Crippen LogP contribution in [0.1, 0.15) is 5.56 Å². The minimum atomic E-state index is -6.19. The predicted molar refractivity (Wildman–Crippen MR) is 52.5 cm³/mol. The Morgan fingerprint density at radius 3 is 2.21 bits per heavy atom. The molecule has 0 amide bonds. The molecule has 0 unspecified atom stereocenters. The van der Waals surface area contributed by atoms with Crippen LogP contribution in [0.15, 0.2) is 24.3 Å². The van der Waals surface area contributed by atoms with Gasteiger partial charge in [0.25, 0.3) is 0 Å². The molecule has 0 heterocycles. The summed E-state index contributed by atoms with van der Waals surface area (Å²) >= 11 is -6.19. The molecule has 0 aliphatic carbocycles. The fraction of sp³-hybridized carbons (Fsp3) is 0.333. The molecule has 1 aromatic carbocycles. The topological polar surface area (TPSA) is 3.24 Å². The number of hydrogen-bond donors (Lipinski definition) is 0. The molecule has 80 valence electrons. The first kappa shape index (κ1) is 11.8. The van der Waals surface area contributed by atoms with E-state index in [1.54, 1.807) is 31.1 Å². The van der Waals surface area contributed by atoms with E-state index in [9.17, 15) is 8.68 Å². The van der Waals surface area contributed by atoms with Crippen LogP contribution in [-0.2, 0) is 6.54 Å². The molecule has 0 radical (unpaired) electrons. The van der Waals surface area contributed by atoms with Crippen molar-refractivity contribution in [3.05, 3.63) is 29.8 Å². The normalized spacial score (nSPS) is 13.3. The first-order valence-corrected chi connectivity index (χ1v) is 7.87. The van der Waals surface area contributed by atoms with Crippen molar-refractivity contribution < 1.29 is 8.68 Å². The first-order valence-electron chi connectivity index (χ1n) is 4.06. The fourth-order valence-electron chi connectivity index (χ4n) is 1.20. The Kier molecular flexibility index (Phi) is 3.82. The van der Waals surface area contributed by atoms with Crippen molar-refractivity contribution in [1.82, 2.24) is 4.90 Å². The quantitative estimate of drug-likeness (QED) is 0.768. The Balaban J connectivity index is 3.04. The van der Waals surface area contributed by atoms with Gasteiger partial charge in [-0.15, -0.1) is 0 Å². The van der Waals surface area contributed by atoms with Crippen LogP contribution in [0, 0.1) is 0 Å². The average molecular weight is 319 g/mol. The van der Waals surface area contributed by atoms with E-state index >= 15 is 0 Å². The van der Waals surface area contributed by atoms with Crippen molar-refractivity contribution in [2.24, 2.45) is 0 Å². The summed E-state index contributed by atoms with van der Waals surface area (Å²) in [5.41, 5.74) is 0.395.